The first-order valence-corrected chi connectivity index (χ1v) is 10.5. The molecule has 0 saturated carbocycles. The molecule has 0 aliphatic rings. The molecular weight excluding hydrogens is 420 g/mol. The van der Waals surface area contributed by atoms with Gasteiger partial charge in [-0.1, -0.05) is 17.3 Å². The molecule has 0 fully saturated rings. The van der Waals surface area contributed by atoms with Crippen LogP contribution in [0.2, 0.25) is 0 Å². The van der Waals surface area contributed by atoms with E-state index in [1.807, 2.05) is 62.7 Å². The molecule has 0 saturated heterocycles. The summed E-state index contributed by atoms with van der Waals surface area (Å²) >= 11 is 0. The highest BCUT2D eigenvalue weighted by Crippen LogP contribution is 2.30. The predicted molar refractivity (Wildman–Crippen MR) is 124 cm³/mol. The van der Waals surface area contributed by atoms with Crippen LogP contribution >= 0.6 is 0 Å². The summed E-state index contributed by atoms with van der Waals surface area (Å²) in [6, 6.07) is 14.6. The summed E-state index contributed by atoms with van der Waals surface area (Å²) in [5, 5.41) is 11.5. The highest BCUT2D eigenvalue weighted by Gasteiger charge is 2.16. The molecule has 8 nitrogen and oxygen atoms in total. The van der Waals surface area contributed by atoms with Crippen LogP contribution in [0, 0.1) is 27.7 Å². The van der Waals surface area contributed by atoms with E-state index in [2.05, 4.69) is 15.6 Å². The Morgan fingerprint density at radius 2 is 1.85 bits per heavy atom. The number of nitrogens with zero attached hydrogens (tertiary/aromatic N) is 3. The molecule has 0 aliphatic carbocycles. The van der Waals surface area contributed by atoms with Crippen molar-refractivity contribution >= 4 is 11.6 Å². The van der Waals surface area contributed by atoms with Crippen molar-refractivity contribution in [2.75, 3.05) is 12.4 Å². The van der Waals surface area contributed by atoms with Crippen molar-refractivity contribution in [3.63, 3.8) is 0 Å². The summed E-state index contributed by atoms with van der Waals surface area (Å²) in [4.78, 5) is 13.0. The SMILES string of the molecule is COc1cc(C(=O)Nc2ccccc2-n2nc(C)cc2C)ccc1OCc1c(C)noc1C. The standard InChI is InChI=1S/C25H26N4O4/c1-15-12-16(2)29(27-15)22-9-7-6-8-21(22)26-25(30)19-10-11-23(24(13-19)31-5)32-14-20-17(3)28-33-18(20)4/h6-13H,14H2,1-5H3,(H,26,30). The first kappa shape index (κ1) is 22.1. The molecule has 4 rings (SSSR count). The third kappa shape index (κ3) is 4.59. The lowest BCUT2D eigenvalue weighted by molar-refractivity contribution is 0.102. The maximum absolute atomic E-state index is 13.0. The number of aryl methyl sites for hydroxylation is 4. The normalized spacial score (nSPS) is 10.8. The lowest BCUT2D eigenvalue weighted by Crippen LogP contribution is -2.14. The number of benzene rings is 2. The Morgan fingerprint density at radius 1 is 1.06 bits per heavy atom. The van der Waals surface area contributed by atoms with Crippen LogP contribution in [-0.4, -0.2) is 28.0 Å². The molecule has 4 aromatic rings. The molecular formula is C25H26N4O4. The summed E-state index contributed by atoms with van der Waals surface area (Å²) in [5.74, 6) is 1.43. The fraction of sp³-hybridized carbons (Fsp3) is 0.240. The Kier molecular flexibility index (Phi) is 6.17. The number of methoxy groups -OCH3 is 1. The van der Waals surface area contributed by atoms with E-state index in [1.54, 1.807) is 18.2 Å². The number of anilines is 1. The summed E-state index contributed by atoms with van der Waals surface area (Å²) in [7, 11) is 1.54. The van der Waals surface area contributed by atoms with E-state index in [-0.39, 0.29) is 5.91 Å². The number of aromatic nitrogens is 3. The van der Waals surface area contributed by atoms with Crippen molar-refractivity contribution in [1.29, 1.82) is 0 Å². The van der Waals surface area contributed by atoms with E-state index < -0.39 is 0 Å². The zero-order chi connectivity index (χ0) is 23.5. The molecule has 2 aromatic heterocycles. The molecule has 0 unspecified atom stereocenters. The molecule has 1 amide bonds. The van der Waals surface area contributed by atoms with E-state index in [1.165, 1.54) is 7.11 Å². The average molecular weight is 447 g/mol. The smallest absolute Gasteiger partial charge is 0.255 e. The van der Waals surface area contributed by atoms with E-state index >= 15 is 0 Å². The quantitative estimate of drug-likeness (QED) is 0.433. The predicted octanol–water partition coefficient (Wildman–Crippen LogP) is 4.93. The maximum Gasteiger partial charge on any atom is 0.255 e. The van der Waals surface area contributed by atoms with Gasteiger partial charge in [-0.2, -0.15) is 5.10 Å². The molecule has 2 aromatic carbocycles. The number of amides is 1. The lowest BCUT2D eigenvalue weighted by atomic mass is 10.1. The van der Waals surface area contributed by atoms with E-state index in [0.717, 1.165) is 28.3 Å². The number of carbonyl (C=O) groups excluding carboxylic acids is 1. The van der Waals surface area contributed by atoms with Crippen LogP contribution in [0.1, 0.15) is 38.8 Å². The van der Waals surface area contributed by atoms with Crippen LogP contribution in [0.4, 0.5) is 5.69 Å². The first-order valence-electron chi connectivity index (χ1n) is 10.5. The zero-order valence-electron chi connectivity index (χ0n) is 19.3. The molecule has 33 heavy (non-hydrogen) atoms. The summed E-state index contributed by atoms with van der Waals surface area (Å²) in [6.07, 6.45) is 0. The van der Waals surface area contributed by atoms with Crippen LogP contribution in [0.5, 0.6) is 11.5 Å². The van der Waals surface area contributed by atoms with Gasteiger partial charge in [0.25, 0.3) is 5.91 Å². The molecule has 0 spiro atoms. The van der Waals surface area contributed by atoms with Gasteiger partial charge in [-0.05, 0) is 64.1 Å². The Balaban J connectivity index is 1.54. The minimum atomic E-state index is -0.264. The fourth-order valence-electron chi connectivity index (χ4n) is 3.62. The Morgan fingerprint density at radius 3 is 2.52 bits per heavy atom. The zero-order valence-corrected chi connectivity index (χ0v) is 19.3. The second-order valence-corrected chi connectivity index (χ2v) is 7.77. The van der Waals surface area contributed by atoms with Gasteiger partial charge in [-0.25, -0.2) is 4.68 Å². The molecule has 0 radical (unpaired) electrons. The van der Waals surface area contributed by atoms with E-state index in [9.17, 15) is 4.79 Å². The number of rotatable bonds is 7. The molecule has 0 bridgehead atoms. The maximum atomic E-state index is 13.0. The van der Waals surface area contributed by atoms with Crippen molar-refractivity contribution < 1.29 is 18.8 Å². The molecule has 1 N–H and O–H groups in total. The number of para-hydroxylation sites is 2. The minimum absolute atomic E-state index is 0.264. The number of nitrogens with one attached hydrogen (secondary N) is 1. The average Bonchev–Trinajstić information content (AvgIpc) is 3.31. The second-order valence-electron chi connectivity index (χ2n) is 7.77. The number of carbonyl (C=O) groups is 1. The monoisotopic (exact) mass is 446 g/mol. The molecule has 2 heterocycles. The van der Waals surface area contributed by atoms with Crippen molar-refractivity contribution in [3.05, 3.63) is 82.5 Å². The van der Waals surface area contributed by atoms with Crippen molar-refractivity contribution in [2.24, 2.45) is 0 Å². The molecule has 8 heteroatoms. The third-order valence-corrected chi connectivity index (χ3v) is 5.37. The van der Waals surface area contributed by atoms with Crippen LogP contribution in [-0.2, 0) is 6.61 Å². The van der Waals surface area contributed by atoms with Gasteiger partial charge >= 0.3 is 0 Å². The van der Waals surface area contributed by atoms with Crippen LogP contribution in [0.15, 0.2) is 53.1 Å². The largest absolute Gasteiger partial charge is 0.493 e. The van der Waals surface area contributed by atoms with Crippen molar-refractivity contribution in [2.45, 2.75) is 34.3 Å². The van der Waals surface area contributed by atoms with Gasteiger partial charge in [0.15, 0.2) is 11.5 Å². The van der Waals surface area contributed by atoms with Crippen LogP contribution < -0.4 is 14.8 Å². The van der Waals surface area contributed by atoms with Crippen LogP contribution in [0.25, 0.3) is 5.69 Å². The van der Waals surface area contributed by atoms with Crippen LogP contribution in [0.3, 0.4) is 0 Å². The Hall–Kier alpha value is -4.07. The summed E-state index contributed by atoms with van der Waals surface area (Å²) in [6.45, 7) is 7.91. The van der Waals surface area contributed by atoms with Gasteiger partial charge < -0.3 is 19.3 Å². The highest BCUT2D eigenvalue weighted by atomic mass is 16.5. The Labute approximate surface area is 192 Å². The Bertz CT molecular complexity index is 1290. The number of hydrogen-bond acceptors (Lipinski definition) is 6. The van der Waals surface area contributed by atoms with E-state index in [4.69, 9.17) is 14.0 Å². The molecule has 0 atom stereocenters. The van der Waals surface area contributed by atoms with Gasteiger partial charge in [0.1, 0.15) is 12.4 Å². The number of hydrogen-bond donors (Lipinski definition) is 1. The van der Waals surface area contributed by atoms with Gasteiger partial charge in [-0.3, -0.25) is 4.79 Å². The van der Waals surface area contributed by atoms with E-state index in [0.29, 0.717) is 35.1 Å². The molecule has 170 valence electrons. The first-order chi connectivity index (χ1) is 15.9. The topological polar surface area (TPSA) is 91.4 Å². The van der Waals surface area contributed by atoms with Crippen molar-refractivity contribution in [3.8, 4) is 17.2 Å². The van der Waals surface area contributed by atoms with Gasteiger partial charge in [0.05, 0.1) is 35.4 Å². The van der Waals surface area contributed by atoms with Crippen molar-refractivity contribution in [1.82, 2.24) is 14.9 Å². The summed E-state index contributed by atoms with van der Waals surface area (Å²) < 4.78 is 18.4. The van der Waals surface area contributed by atoms with Gasteiger partial charge in [0, 0.05) is 11.3 Å². The third-order valence-electron chi connectivity index (χ3n) is 5.37. The highest BCUT2D eigenvalue weighted by molar-refractivity contribution is 6.05. The minimum Gasteiger partial charge on any atom is -0.493 e. The molecule has 0 aliphatic heterocycles. The fourth-order valence-corrected chi connectivity index (χ4v) is 3.62. The van der Waals surface area contributed by atoms with Gasteiger partial charge in [0.2, 0.25) is 0 Å². The second kappa shape index (κ2) is 9.20. The summed E-state index contributed by atoms with van der Waals surface area (Å²) in [5.41, 5.74) is 5.46. The number of ether oxygens (including phenoxy) is 2. The van der Waals surface area contributed by atoms with Gasteiger partial charge in [-0.15, -0.1) is 0 Å². The lowest BCUT2D eigenvalue weighted by Gasteiger charge is -2.14.